The third-order valence-electron chi connectivity index (χ3n) is 3.33. The SMILES string of the molecule is CC(CO)(CO)NC(=O)c1cc2c(s1)CCCC2. The van der Waals surface area contributed by atoms with Crippen LogP contribution in [-0.2, 0) is 12.8 Å². The average molecular weight is 269 g/mol. The summed E-state index contributed by atoms with van der Waals surface area (Å²) in [5.74, 6) is -0.208. The van der Waals surface area contributed by atoms with Crippen LogP contribution in [0.3, 0.4) is 0 Å². The Morgan fingerprint density at radius 3 is 2.67 bits per heavy atom. The smallest absolute Gasteiger partial charge is 0.261 e. The molecule has 100 valence electrons. The molecule has 0 aromatic carbocycles. The van der Waals surface area contributed by atoms with E-state index in [4.69, 9.17) is 0 Å². The zero-order chi connectivity index (χ0) is 13.2. The van der Waals surface area contributed by atoms with E-state index in [2.05, 4.69) is 5.32 Å². The van der Waals surface area contributed by atoms with Crippen LogP contribution in [0.15, 0.2) is 6.07 Å². The number of nitrogens with one attached hydrogen (secondary N) is 1. The Balaban J connectivity index is 2.11. The fraction of sp³-hybridized carbons (Fsp3) is 0.615. The fourth-order valence-electron chi connectivity index (χ4n) is 2.07. The van der Waals surface area contributed by atoms with E-state index >= 15 is 0 Å². The summed E-state index contributed by atoms with van der Waals surface area (Å²) in [6.45, 7) is 1.07. The van der Waals surface area contributed by atoms with Gasteiger partial charge in [-0.1, -0.05) is 0 Å². The normalized spacial score (nSPS) is 15.3. The Morgan fingerprint density at radius 1 is 1.39 bits per heavy atom. The molecule has 2 rings (SSSR count). The summed E-state index contributed by atoms with van der Waals surface area (Å²) in [7, 11) is 0. The zero-order valence-electron chi connectivity index (χ0n) is 10.5. The molecule has 0 radical (unpaired) electrons. The number of hydrogen-bond donors (Lipinski definition) is 3. The van der Waals surface area contributed by atoms with Crippen molar-refractivity contribution in [2.24, 2.45) is 0 Å². The molecule has 0 fully saturated rings. The first kappa shape index (κ1) is 13.5. The van der Waals surface area contributed by atoms with Gasteiger partial charge in [-0.3, -0.25) is 4.79 Å². The van der Waals surface area contributed by atoms with Crippen molar-refractivity contribution in [2.45, 2.75) is 38.1 Å². The third kappa shape index (κ3) is 2.74. The number of aliphatic hydroxyl groups is 2. The van der Waals surface area contributed by atoms with Crippen LogP contribution in [0.2, 0.25) is 0 Å². The second kappa shape index (κ2) is 5.38. The maximum absolute atomic E-state index is 12.1. The monoisotopic (exact) mass is 269 g/mol. The van der Waals surface area contributed by atoms with Gasteiger partial charge >= 0.3 is 0 Å². The van der Waals surface area contributed by atoms with Crippen molar-refractivity contribution in [1.82, 2.24) is 5.32 Å². The highest BCUT2D eigenvalue weighted by Crippen LogP contribution is 2.29. The molecule has 0 saturated carbocycles. The van der Waals surface area contributed by atoms with Gasteiger partial charge in [0.15, 0.2) is 0 Å². The molecule has 1 aliphatic carbocycles. The number of fused-ring (bicyclic) bond motifs is 1. The summed E-state index contributed by atoms with van der Waals surface area (Å²) in [4.78, 5) is 14.1. The molecule has 1 amide bonds. The Hall–Kier alpha value is -0.910. The number of carbonyl (C=O) groups excluding carboxylic acids is 1. The van der Waals surface area contributed by atoms with Gasteiger partial charge in [0.2, 0.25) is 0 Å². The maximum Gasteiger partial charge on any atom is 0.261 e. The van der Waals surface area contributed by atoms with Gasteiger partial charge in [-0.15, -0.1) is 11.3 Å². The first-order valence-corrected chi connectivity index (χ1v) is 7.05. The van der Waals surface area contributed by atoms with Crippen LogP contribution in [0.1, 0.15) is 39.9 Å². The molecule has 4 nitrogen and oxygen atoms in total. The van der Waals surface area contributed by atoms with Crippen LogP contribution in [0, 0.1) is 0 Å². The molecule has 18 heavy (non-hydrogen) atoms. The Morgan fingerprint density at radius 2 is 2.06 bits per heavy atom. The number of carbonyl (C=O) groups is 1. The van der Waals surface area contributed by atoms with E-state index < -0.39 is 5.54 Å². The van der Waals surface area contributed by atoms with E-state index in [1.807, 2.05) is 6.07 Å². The molecule has 1 aliphatic rings. The molecule has 0 unspecified atom stereocenters. The quantitative estimate of drug-likeness (QED) is 0.766. The zero-order valence-corrected chi connectivity index (χ0v) is 11.3. The predicted octanol–water partition coefficient (Wildman–Crippen LogP) is 1.10. The Labute approximate surface area is 111 Å². The number of aliphatic hydroxyl groups excluding tert-OH is 2. The second-order valence-corrected chi connectivity index (χ2v) is 6.23. The Bertz CT molecular complexity index is 414. The minimum atomic E-state index is -0.957. The van der Waals surface area contributed by atoms with Gasteiger partial charge in [-0.25, -0.2) is 0 Å². The lowest BCUT2D eigenvalue weighted by molar-refractivity contribution is 0.0727. The highest BCUT2D eigenvalue weighted by atomic mass is 32.1. The minimum Gasteiger partial charge on any atom is -0.394 e. The Kier molecular flexibility index (Phi) is 4.04. The van der Waals surface area contributed by atoms with Crippen LogP contribution in [0.25, 0.3) is 0 Å². The van der Waals surface area contributed by atoms with Gasteiger partial charge in [-0.05, 0) is 44.2 Å². The van der Waals surface area contributed by atoms with E-state index in [-0.39, 0.29) is 19.1 Å². The largest absolute Gasteiger partial charge is 0.394 e. The number of amides is 1. The number of hydrogen-bond acceptors (Lipinski definition) is 4. The van der Waals surface area contributed by atoms with Crippen LogP contribution in [0.5, 0.6) is 0 Å². The summed E-state index contributed by atoms with van der Waals surface area (Å²) >= 11 is 1.53. The number of aryl methyl sites for hydroxylation is 2. The van der Waals surface area contributed by atoms with Crippen LogP contribution >= 0.6 is 11.3 Å². The highest BCUT2D eigenvalue weighted by molar-refractivity contribution is 7.14. The lowest BCUT2D eigenvalue weighted by atomic mass is 9.99. The third-order valence-corrected chi connectivity index (χ3v) is 4.57. The van der Waals surface area contributed by atoms with E-state index in [0.29, 0.717) is 4.88 Å². The first-order chi connectivity index (χ1) is 8.58. The van der Waals surface area contributed by atoms with Gasteiger partial charge in [0.1, 0.15) is 0 Å². The molecule has 3 N–H and O–H groups in total. The maximum atomic E-state index is 12.1. The van der Waals surface area contributed by atoms with Gasteiger partial charge < -0.3 is 15.5 Å². The summed E-state index contributed by atoms with van der Waals surface area (Å²) in [5, 5.41) is 21.0. The molecular formula is C13H19NO3S. The molecule has 0 saturated heterocycles. The molecule has 1 aromatic rings. The van der Waals surface area contributed by atoms with Gasteiger partial charge in [-0.2, -0.15) is 0 Å². The fourth-order valence-corrected chi connectivity index (χ4v) is 3.22. The van der Waals surface area contributed by atoms with E-state index in [0.717, 1.165) is 12.8 Å². The summed E-state index contributed by atoms with van der Waals surface area (Å²) in [6.07, 6.45) is 4.50. The van der Waals surface area contributed by atoms with Crippen molar-refractivity contribution in [2.75, 3.05) is 13.2 Å². The first-order valence-electron chi connectivity index (χ1n) is 6.24. The highest BCUT2D eigenvalue weighted by Gasteiger charge is 2.26. The van der Waals surface area contributed by atoms with Crippen LogP contribution in [-0.4, -0.2) is 34.9 Å². The van der Waals surface area contributed by atoms with E-state index in [9.17, 15) is 15.0 Å². The molecule has 0 spiro atoms. The molecule has 1 heterocycles. The van der Waals surface area contributed by atoms with Crippen molar-refractivity contribution >= 4 is 17.2 Å². The summed E-state index contributed by atoms with van der Waals surface area (Å²) in [6, 6.07) is 1.95. The van der Waals surface area contributed by atoms with Crippen LogP contribution < -0.4 is 5.32 Å². The van der Waals surface area contributed by atoms with Crippen LogP contribution in [0.4, 0.5) is 0 Å². The molecule has 1 aromatic heterocycles. The standard InChI is InChI=1S/C13H19NO3S/c1-13(7-15,8-16)14-12(17)11-6-9-4-2-3-5-10(9)18-11/h6,15-16H,2-5,7-8H2,1H3,(H,14,17). The topological polar surface area (TPSA) is 69.6 Å². The van der Waals surface area contributed by atoms with E-state index in [1.54, 1.807) is 6.92 Å². The number of thiophene rings is 1. The summed E-state index contributed by atoms with van der Waals surface area (Å²) < 4.78 is 0. The summed E-state index contributed by atoms with van der Waals surface area (Å²) in [5.41, 5.74) is 0.327. The average Bonchev–Trinajstić information content (AvgIpc) is 2.82. The molecular weight excluding hydrogens is 250 g/mol. The lowest BCUT2D eigenvalue weighted by Crippen LogP contribution is -2.51. The van der Waals surface area contributed by atoms with Gasteiger partial charge in [0, 0.05) is 4.88 Å². The minimum absolute atomic E-state index is 0.208. The number of rotatable bonds is 4. The van der Waals surface area contributed by atoms with Crippen molar-refractivity contribution in [1.29, 1.82) is 0 Å². The molecule has 0 bridgehead atoms. The van der Waals surface area contributed by atoms with E-state index in [1.165, 1.54) is 34.6 Å². The van der Waals surface area contributed by atoms with Crippen molar-refractivity contribution in [3.63, 3.8) is 0 Å². The second-order valence-electron chi connectivity index (χ2n) is 5.10. The molecule has 5 heteroatoms. The molecule has 0 atom stereocenters. The van der Waals surface area contributed by atoms with Gasteiger partial charge in [0.25, 0.3) is 5.91 Å². The predicted molar refractivity (Wildman–Crippen MR) is 71.0 cm³/mol. The van der Waals surface area contributed by atoms with Gasteiger partial charge in [0.05, 0.1) is 23.6 Å². The van der Waals surface area contributed by atoms with Crippen molar-refractivity contribution in [3.8, 4) is 0 Å². The molecule has 0 aliphatic heterocycles. The van der Waals surface area contributed by atoms with Crippen molar-refractivity contribution < 1.29 is 15.0 Å². The van der Waals surface area contributed by atoms with Crippen molar-refractivity contribution in [3.05, 3.63) is 21.4 Å². The lowest BCUT2D eigenvalue weighted by Gasteiger charge is -2.25.